The molecule has 2 rings (SSSR count). The fourth-order valence-corrected chi connectivity index (χ4v) is 1.85. The van der Waals surface area contributed by atoms with Gasteiger partial charge in [0, 0.05) is 11.1 Å². The Bertz CT molecular complexity index is 464. The van der Waals surface area contributed by atoms with E-state index in [0.717, 1.165) is 5.01 Å². The van der Waals surface area contributed by atoms with Crippen molar-refractivity contribution in [2.24, 2.45) is 5.73 Å². The summed E-state index contributed by atoms with van der Waals surface area (Å²) in [5.74, 6) is 0.429. The van der Waals surface area contributed by atoms with E-state index in [1.807, 2.05) is 13.1 Å². The lowest BCUT2D eigenvalue weighted by Gasteiger charge is -1.97. The second-order valence-corrected chi connectivity index (χ2v) is 4.77. The van der Waals surface area contributed by atoms with Gasteiger partial charge in [0.15, 0.2) is 0 Å². The molecule has 2 heterocycles. The molecular weight excluding hydrogens is 226 g/mol. The van der Waals surface area contributed by atoms with Gasteiger partial charge in [-0.25, -0.2) is 4.98 Å². The van der Waals surface area contributed by atoms with Crippen molar-refractivity contribution in [2.45, 2.75) is 26.4 Å². The molecule has 0 aliphatic carbocycles. The fraction of sp³-hybridized carbons (Fsp3) is 0.444. The van der Waals surface area contributed by atoms with Crippen LogP contribution in [0.3, 0.4) is 0 Å². The highest BCUT2D eigenvalue weighted by Gasteiger charge is 2.09. The van der Waals surface area contributed by atoms with Gasteiger partial charge in [-0.05, 0) is 13.8 Å². The second kappa shape index (κ2) is 4.58. The maximum atomic E-state index is 5.60. The summed E-state index contributed by atoms with van der Waals surface area (Å²) in [5.41, 5.74) is 5.60. The minimum absolute atomic E-state index is 0.245. The zero-order chi connectivity index (χ0) is 11.5. The lowest BCUT2D eigenvalue weighted by molar-refractivity contribution is 0.472. The number of nitrogens with zero attached hydrogens (tertiary/aromatic N) is 3. The van der Waals surface area contributed by atoms with Crippen LogP contribution in [0.25, 0.3) is 0 Å². The highest BCUT2D eigenvalue weighted by atomic mass is 32.1. The van der Waals surface area contributed by atoms with Crippen molar-refractivity contribution in [2.75, 3.05) is 5.32 Å². The van der Waals surface area contributed by atoms with Crippen LogP contribution in [0.2, 0.25) is 0 Å². The normalized spacial score (nSPS) is 12.7. The van der Waals surface area contributed by atoms with Crippen LogP contribution < -0.4 is 11.1 Å². The minimum Gasteiger partial charge on any atom is -0.406 e. The Morgan fingerprint density at radius 3 is 2.94 bits per heavy atom. The molecule has 7 heteroatoms. The molecular formula is C9H13N5OS. The molecule has 0 saturated carbocycles. The standard InChI is InChI=1S/C9H13N5OS/c1-5-3-11-7(16-5)4-12-9-14-13-8(15-9)6(2)10/h3,6H,4,10H2,1-2H3,(H,12,14). The van der Waals surface area contributed by atoms with Crippen LogP contribution in [0.5, 0.6) is 0 Å². The quantitative estimate of drug-likeness (QED) is 0.839. The number of anilines is 1. The molecule has 6 nitrogen and oxygen atoms in total. The Balaban J connectivity index is 1.94. The van der Waals surface area contributed by atoms with Crippen molar-refractivity contribution in [1.82, 2.24) is 15.2 Å². The Morgan fingerprint density at radius 2 is 2.38 bits per heavy atom. The Labute approximate surface area is 96.9 Å². The van der Waals surface area contributed by atoms with Gasteiger partial charge in [-0.15, -0.1) is 16.4 Å². The molecule has 16 heavy (non-hydrogen) atoms. The van der Waals surface area contributed by atoms with Gasteiger partial charge in [0.1, 0.15) is 5.01 Å². The van der Waals surface area contributed by atoms with Crippen molar-refractivity contribution in [3.8, 4) is 0 Å². The molecule has 0 amide bonds. The maximum absolute atomic E-state index is 5.60. The third-order valence-corrected chi connectivity index (χ3v) is 2.80. The first-order valence-corrected chi connectivity index (χ1v) is 5.71. The number of nitrogens with one attached hydrogen (secondary N) is 1. The van der Waals surface area contributed by atoms with Gasteiger partial charge in [0.05, 0.1) is 12.6 Å². The van der Waals surface area contributed by atoms with Crippen LogP contribution in [0.15, 0.2) is 10.6 Å². The van der Waals surface area contributed by atoms with E-state index < -0.39 is 0 Å². The van der Waals surface area contributed by atoms with Crippen LogP contribution in [0.1, 0.15) is 28.7 Å². The largest absolute Gasteiger partial charge is 0.406 e. The lowest BCUT2D eigenvalue weighted by Crippen LogP contribution is -2.04. The molecule has 1 unspecified atom stereocenters. The number of hydrogen-bond donors (Lipinski definition) is 2. The first kappa shape index (κ1) is 11.0. The summed E-state index contributed by atoms with van der Waals surface area (Å²) in [6, 6.07) is 0.130. The summed E-state index contributed by atoms with van der Waals surface area (Å²) in [7, 11) is 0. The Hall–Kier alpha value is -1.47. The average Bonchev–Trinajstić information content (AvgIpc) is 2.83. The van der Waals surface area contributed by atoms with Crippen LogP contribution in [0.4, 0.5) is 6.01 Å². The van der Waals surface area contributed by atoms with Crippen molar-refractivity contribution >= 4 is 17.4 Å². The van der Waals surface area contributed by atoms with Gasteiger partial charge >= 0.3 is 6.01 Å². The van der Waals surface area contributed by atoms with Gasteiger partial charge in [0.25, 0.3) is 0 Å². The molecule has 1 atom stereocenters. The number of rotatable bonds is 4. The Kier molecular flexibility index (Phi) is 3.16. The molecule has 0 aliphatic heterocycles. The summed E-state index contributed by atoms with van der Waals surface area (Å²) >= 11 is 1.63. The highest BCUT2D eigenvalue weighted by Crippen LogP contribution is 2.15. The molecule has 3 N–H and O–H groups in total. The highest BCUT2D eigenvalue weighted by molar-refractivity contribution is 7.11. The summed E-state index contributed by atoms with van der Waals surface area (Å²) in [5, 5.41) is 11.6. The molecule has 0 saturated heterocycles. The second-order valence-electron chi connectivity index (χ2n) is 3.45. The van der Waals surface area contributed by atoms with Crippen LogP contribution >= 0.6 is 11.3 Å². The molecule has 2 aromatic heterocycles. The van der Waals surface area contributed by atoms with E-state index in [0.29, 0.717) is 18.5 Å². The maximum Gasteiger partial charge on any atom is 0.315 e. The first-order chi connectivity index (χ1) is 7.65. The molecule has 0 aromatic carbocycles. The number of aryl methyl sites for hydroxylation is 1. The first-order valence-electron chi connectivity index (χ1n) is 4.89. The average molecular weight is 239 g/mol. The minimum atomic E-state index is -0.245. The topological polar surface area (TPSA) is 89.9 Å². The van der Waals surface area contributed by atoms with E-state index in [4.69, 9.17) is 10.2 Å². The summed E-state index contributed by atoms with van der Waals surface area (Å²) in [4.78, 5) is 5.39. The molecule has 0 spiro atoms. The van der Waals surface area contributed by atoms with Crippen molar-refractivity contribution < 1.29 is 4.42 Å². The van der Waals surface area contributed by atoms with E-state index in [9.17, 15) is 0 Å². The van der Waals surface area contributed by atoms with Gasteiger partial charge in [-0.2, -0.15) is 0 Å². The van der Waals surface area contributed by atoms with Gasteiger partial charge in [-0.3, -0.25) is 0 Å². The number of aromatic nitrogens is 3. The molecule has 0 aliphatic rings. The zero-order valence-electron chi connectivity index (χ0n) is 9.10. The van der Waals surface area contributed by atoms with Crippen molar-refractivity contribution in [1.29, 1.82) is 0 Å². The van der Waals surface area contributed by atoms with E-state index in [2.05, 4.69) is 20.5 Å². The van der Waals surface area contributed by atoms with E-state index in [1.54, 1.807) is 18.3 Å². The van der Waals surface area contributed by atoms with Gasteiger partial charge < -0.3 is 15.5 Å². The smallest absolute Gasteiger partial charge is 0.315 e. The number of thiazole rings is 1. The lowest BCUT2D eigenvalue weighted by atomic mass is 10.4. The van der Waals surface area contributed by atoms with Gasteiger partial charge in [0.2, 0.25) is 5.89 Å². The number of hydrogen-bond acceptors (Lipinski definition) is 7. The van der Waals surface area contributed by atoms with Crippen molar-refractivity contribution in [3.05, 3.63) is 22.0 Å². The third kappa shape index (κ3) is 2.56. The molecule has 0 radical (unpaired) electrons. The van der Waals surface area contributed by atoms with E-state index in [1.165, 1.54) is 4.88 Å². The number of nitrogens with two attached hydrogens (primary N) is 1. The molecule has 0 bridgehead atoms. The van der Waals surface area contributed by atoms with Gasteiger partial charge in [-0.1, -0.05) is 5.10 Å². The fourth-order valence-electron chi connectivity index (χ4n) is 1.12. The summed E-state index contributed by atoms with van der Waals surface area (Å²) in [6.07, 6.45) is 1.84. The summed E-state index contributed by atoms with van der Waals surface area (Å²) < 4.78 is 5.29. The SMILES string of the molecule is Cc1cnc(CNc2nnc(C(C)N)o2)s1. The van der Waals surface area contributed by atoms with Crippen molar-refractivity contribution in [3.63, 3.8) is 0 Å². The molecule has 2 aromatic rings. The monoisotopic (exact) mass is 239 g/mol. The van der Waals surface area contributed by atoms with Crippen LogP contribution in [-0.2, 0) is 6.54 Å². The third-order valence-electron chi connectivity index (χ3n) is 1.89. The predicted octanol–water partition coefficient (Wildman–Crippen LogP) is 1.47. The van der Waals surface area contributed by atoms with Crippen LogP contribution in [-0.4, -0.2) is 15.2 Å². The van der Waals surface area contributed by atoms with Crippen LogP contribution in [0, 0.1) is 6.92 Å². The summed E-state index contributed by atoms with van der Waals surface area (Å²) in [6.45, 7) is 4.39. The predicted molar refractivity (Wildman–Crippen MR) is 61.1 cm³/mol. The molecule has 0 fully saturated rings. The molecule has 86 valence electrons. The van der Waals surface area contributed by atoms with E-state index >= 15 is 0 Å². The Morgan fingerprint density at radius 1 is 1.56 bits per heavy atom. The van der Waals surface area contributed by atoms with E-state index in [-0.39, 0.29) is 6.04 Å². The zero-order valence-corrected chi connectivity index (χ0v) is 9.91.